The summed E-state index contributed by atoms with van der Waals surface area (Å²) in [5.74, 6) is -0.406. The Morgan fingerprint density at radius 3 is 2.22 bits per heavy atom. The molecule has 0 aromatic heterocycles. The number of rotatable bonds is 2. The average molecular weight is 254 g/mol. The first-order chi connectivity index (χ1) is 8.61. The van der Waals surface area contributed by atoms with E-state index in [1.165, 1.54) is 6.42 Å². The van der Waals surface area contributed by atoms with Crippen LogP contribution in [0.3, 0.4) is 0 Å². The van der Waals surface area contributed by atoms with Crippen LogP contribution in [0.15, 0.2) is 0 Å². The Morgan fingerprint density at radius 2 is 1.72 bits per heavy atom. The van der Waals surface area contributed by atoms with Gasteiger partial charge < -0.3 is 14.9 Å². The zero-order valence-corrected chi connectivity index (χ0v) is 11.0. The molecule has 102 valence electrons. The second-order valence-electron chi connectivity index (χ2n) is 5.39. The van der Waals surface area contributed by atoms with E-state index < -0.39 is 5.97 Å². The van der Waals surface area contributed by atoms with Crippen molar-refractivity contribution in [3.8, 4) is 0 Å². The summed E-state index contributed by atoms with van der Waals surface area (Å²) >= 11 is 0. The molecular formula is C13H22N2O3. The molecule has 2 rings (SSSR count). The van der Waals surface area contributed by atoms with E-state index in [-0.39, 0.29) is 11.9 Å². The highest BCUT2D eigenvalue weighted by Gasteiger charge is 2.33. The molecule has 5 heteroatoms. The van der Waals surface area contributed by atoms with E-state index in [0.717, 1.165) is 31.8 Å². The van der Waals surface area contributed by atoms with Gasteiger partial charge in [-0.05, 0) is 25.2 Å². The van der Waals surface area contributed by atoms with Gasteiger partial charge in [-0.25, -0.2) is 4.79 Å². The highest BCUT2D eigenvalue weighted by atomic mass is 16.4. The van der Waals surface area contributed by atoms with Crippen molar-refractivity contribution in [3.63, 3.8) is 0 Å². The van der Waals surface area contributed by atoms with Crippen molar-refractivity contribution in [3.05, 3.63) is 0 Å². The monoisotopic (exact) mass is 254 g/mol. The number of carboxylic acids is 1. The largest absolute Gasteiger partial charge is 0.481 e. The molecule has 1 N–H and O–H groups in total. The molecule has 1 unspecified atom stereocenters. The zero-order chi connectivity index (χ0) is 13.1. The van der Waals surface area contributed by atoms with Crippen LogP contribution in [0, 0.1) is 11.8 Å². The molecule has 2 fully saturated rings. The van der Waals surface area contributed by atoms with Crippen LogP contribution in [-0.4, -0.2) is 53.1 Å². The molecule has 0 spiro atoms. The van der Waals surface area contributed by atoms with Gasteiger partial charge in [0.2, 0.25) is 0 Å². The molecule has 2 aliphatic rings. The van der Waals surface area contributed by atoms with Crippen LogP contribution in [0.5, 0.6) is 0 Å². The highest BCUT2D eigenvalue weighted by Crippen LogP contribution is 2.23. The average Bonchev–Trinajstić information content (AvgIpc) is 2.88. The van der Waals surface area contributed by atoms with Crippen LogP contribution in [0.1, 0.15) is 32.6 Å². The maximum Gasteiger partial charge on any atom is 0.320 e. The number of carboxylic acid groups (broad SMARTS) is 1. The number of carbonyl (C=O) groups excluding carboxylic acids is 1. The topological polar surface area (TPSA) is 60.9 Å². The Hall–Kier alpha value is -1.26. The SMILES string of the molecule is CCC1CCN(C(=O)N2CCC(C(=O)O)C2)CC1. The standard InChI is InChI=1S/C13H22N2O3/c1-2-10-3-6-14(7-4-10)13(18)15-8-5-11(9-15)12(16)17/h10-11H,2-9H2,1H3,(H,16,17). The molecule has 2 amide bonds. The Labute approximate surface area is 108 Å². The van der Waals surface area contributed by atoms with E-state index in [1.54, 1.807) is 4.90 Å². The van der Waals surface area contributed by atoms with Crippen molar-refractivity contribution < 1.29 is 14.7 Å². The Bertz CT molecular complexity index is 324. The second-order valence-corrected chi connectivity index (χ2v) is 5.39. The molecule has 0 radical (unpaired) electrons. The fraction of sp³-hybridized carbons (Fsp3) is 0.846. The lowest BCUT2D eigenvalue weighted by atomic mass is 9.95. The van der Waals surface area contributed by atoms with Crippen molar-refractivity contribution in [2.45, 2.75) is 32.6 Å². The van der Waals surface area contributed by atoms with Gasteiger partial charge in [-0.2, -0.15) is 0 Å². The van der Waals surface area contributed by atoms with Crippen molar-refractivity contribution in [1.82, 2.24) is 9.80 Å². The lowest BCUT2D eigenvalue weighted by molar-refractivity contribution is -0.141. The number of urea groups is 1. The molecule has 5 nitrogen and oxygen atoms in total. The first-order valence-electron chi connectivity index (χ1n) is 6.88. The van der Waals surface area contributed by atoms with Crippen LogP contribution in [0.2, 0.25) is 0 Å². The van der Waals surface area contributed by atoms with E-state index in [9.17, 15) is 9.59 Å². The minimum Gasteiger partial charge on any atom is -0.481 e. The van der Waals surface area contributed by atoms with E-state index in [4.69, 9.17) is 5.11 Å². The third-order valence-electron chi connectivity index (χ3n) is 4.27. The van der Waals surface area contributed by atoms with Gasteiger partial charge in [-0.15, -0.1) is 0 Å². The number of hydrogen-bond acceptors (Lipinski definition) is 2. The summed E-state index contributed by atoms with van der Waals surface area (Å²) in [7, 11) is 0. The van der Waals surface area contributed by atoms with Gasteiger partial charge in [0, 0.05) is 26.2 Å². The van der Waals surface area contributed by atoms with Crippen molar-refractivity contribution in [2.24, 2.45) is 11.8 Å². The predicted molar refractivity (Wildman–Crippen MR) is 67.3 cm³/mol. The Balaban J connectivity index is 1.84. The molecule has 1 atom stereocenters. The first-order valence-corrected chi connectivity index (χ1v) is 6.88. The molecule has 2 aliphatic heterocycles. The smallest absolute Gasteiger partial charge is 0.320 e. The molecule has 0 aromatic carbocycles. The van der Waals surface area contributed by atoms with Gasteiger partial charge in [0.1, 0.15) is 0 Å². The maximum atomic E-state index is 12.2. The van der Waals surface area contributed by atoms with Crippen molar-refractivity contribution in [2.75, 3.05) is 26.2 Å². The summed E-state index contributed by atoms with van der Waals surface area (Å²) in [5, 5.41) is 8.94. The quantitative estimate of drug-likeness (QED) is 0.814. The van der Waals surface area contributed by atoms with Crippen LogP contribution in [-0.2, 0) is 4.79 Å². The number of hydrogen-bond donors (Lipinski definition) is 1. The number of carbonyl (C=O) groups is 2. The van der Waals surface area contributed by atoms with Gasteiger partial charge in [0.25, 0.3) is 0 Å². The number of nitrogens with zero attached hydrogens (tertiary/aromatic N) is 2. The third-order valence-corrected chi connectivity index (χ3v) is 4.27. The summed E-state index contributed by atoms with van der Waals surface area (Å²) in [6, 6.07) is 0.0355. The van der Waals surface area contributed by atoms with Crippen LogP contribution >= 0.6 is 0 Å². The van der Waals surface area contributed by atoms with Gasteiger partial charge in [-0.1, -0.05) is 13.3 Å². The second kappa shape index (κ2) is 5.59. The molecule has 2 saturated heterocycles. The highest BCUT2D eigenvalue weighted by molar-refractivity contribution is 5.77. The van der Waals surface area contributed by atoms with E-state index in [1.807, 2.05) is 4.90 Å². The van der Waals surface area contributed by atoms with Gasteiger partial charge in [0.15, 0.2) is 0 Å². The van der Waals surface area contributed by atoms with Crippen LogP contribution < -0.4 is 0 Å². The minimum absolute atomic E-state index is 0.0355. The number of aliphatic carboxylic acids is 1. The molecule has 2 heterocycles. The van der Waals surface area contributed by atoms with Gasteiger partial charge in [-0.3, -0.25) is 4.79 Å². The van der Waals surface area contributed by atoms with E-state index in [2.05, 4.69) is 6.92 Å². The molecular weight excluding hydrogens is 232 g/mol. The maximum absolute atomic E-state index is 12.2. The molecule has 18 heavy (non-hydrogen) atoms. The summed E-state index contributed by atoms with van der Waals surface area (Å²) in [6.07, 6.45) is 3.94. The number of amides is 2. The van der Waals surface area contributed by atoms with Crippen LogP contribution in [0.4, 0.5) is 4.79 Å². The minimum atomic E-state index is -0.782. The zero-order valence-electron chi connectivity index (χ0n) is 11.0. The lowest BCUT2D eigenvalue weighted by Crippen LogP contribution is -2.46. The Kier molecular flexibility index (Phi) is 4.09. The van der Waals surface area contributed by atoms with E-state index >= 15 is 0 Å². The van der Waals surface area contributed by atoms with Gasteiger partial charge in [0.05, 0.1) is 5.92 Å². The van der Waals surface area contributed by atoms with E-state index in [0.29, 0.717) is 19.5 Å². The van der Waals surface area contributed by atoms with Crippen LogP contribution in [0.25, 0.3) is 0 Å². The lowest BCUT2D eigenvalue weighted by Gasteiger charge is -2.34. The Morgan fingerprint density at radius 1 is 1.11 bits per heavy atom. The predicted octanol–water partition coefficient (Wildman–Crippen LogP) is 1.63. The van der Waals surface area contributed by atoms with Crippen molar-refractivity contribution in [1.29, 1.82) is 0 Å². The third kappa shape index (κ3) is 2.76. The molecule has 0 aliphatic carbocycles. The number of likely N-dealkylation sites (tertiary alicyclic amines) is 2. The summed E-state index contributed by atoms with van der Waals surface area (Å²) in [4.78, 5) is 26.7. The first kappa shape index (κ1) is 13.2. The summed E-state index contributed by atoms with van der Waals surface area (Å²) in [6.45, 7) is 4.81. The molecule has 0 aromatic rings. The van der Waals surface area contributed by atoms with Gasteiger partial charge >= 0.3 is 12.0 Å². The summed E-state index contributed by atoms with van der Waals surface area (Å²) in [5.41, 5.74) is 0. The molecule has 0 bridgehead atoms. The summed E-state index contributed by atoms with van der Waals surface area (Å²) < 4.78 is 0. The van der Waals surface area contributed by atoms with Crippen molar-refractivity contribution >= 4 is 12.0 Å². The normalized spacial score (nSPS) is 25.5. The fourth-order valence-electron chi connectivity index (χ4n) is 2.87. The molecule has 0 saturated carbocycles. The fourth-order valence-corrected chi connectivity index (χ4v) is 2.87. The number of piperidine rings is 1.